The van der Waals surface area contributed by atoms with Gasteiger partial charge in [-0.05, 0) is 38.7 Å². The number of pyridine rings is 1. The number of ether oxygens (including phenoxy) is 1. The maximum atomic E-state index is 12.5. The number of aliphatic carboxylic acids is 1. The molecule has 2 amide bonds. The number of nitrogens with one attached hydrogen (secondary N) is 1. The molecule has 2 fully saturated rings. The lowest BCUT2D eigenvalue weighted by Gasteiger charge is -2.34. The van der Waals surface area contributed by atoms with E-state index in [2.05, 4.69) is 10.3 Å². The summed E-state index contributed by atoms with van der Waals surface area (Å²) >= 11 is 0. The van der Waals surface area contributed by atoms with E-state index in [9.17, 15) is 9.59 Å². The van der Waals surface area contributed by atoms with Gasteiger partial charge in [-0.2, -0.15) is 0 Å². The number of aryl methyl sites for hydroxylation is 1. The second kappa shape index (κ2) is 8.38. The highest BCUT2D eigenvalue weighted by Gasteiger charge is 2.29. The van der Waals surface area contributed by atoms with Gasteiger partial charge in [0.25, 0.3) is 0 Å². The van der Waals surface area contributed by atoms with Gasteiger partial charge in [0.15, 0.2) is 0 Å². The molecule has 7 heteroatoms. The van der Waals surface area contributed by atoms with E-state index in [1.807, 2.05) is 17.9 Å². The van der Waals surface area contributed by atoms with Crippen LogP contribution in [0.4, 0.5) is 4.79 Å². The molecule has 26 heavy (non-hydrogen) atoms. The highest BCUT2D eigenvalue weighted by molar-refractivity contribution is 5.75. The van der Waals surface area contributed by atoms with E-state index in [0.29, 0.717) is 25.9 Å². The van der Waals surface area contributed by atoms with Crippen molar-refractivity contribution in [1.29, 1.82) is 0 Å². The first kappa shape index (κ1) is 18.5. The Kier molecular flexibility index (Phi) is 5.96. The van der Waals surface area contributed by atoms with Gasteiger partial charge in [-0.1, -0.05) is 0 Å². The Morgan fingerprint density at radius 1 is 1.19 bits per heavy atom. The summed E-state index contributed by atoms with van der Waals surface area (Å²) in [5.74, 6) is -0.118. The van der Waals surface area contributed by atoms with Gasteiger partial charge in [-0.25, -0.2) is 4.79 Å². The molecule has 2 heterocycles. The Morgan fingerprint density at radius 3 is 2.50 bits per heavy atom. The average Bonchev–Trinajstić information content (AvgIpc) is 2.64. The maximum Gasteiger partial charge on any atom is 0.317 e. The minimum Gasteiger partial charge on any atom is -0.490 e. The number of rotatable bonds is 4. The third-order valence-electron chi connectivity index (χ3n) is 5.40. The van der Waals surface area contributed by atoms with E-state index < -0.39 is 5.97 Å². The van der Waals surface area contributed by atoms with E-state index in [1.165, 1.54) is 0 Å². The summed E-state index contributed by atoms with van der Waals surface area (Å²) < 4.78 is 6.04. The molecular formula is C19H27N3O4. The molecule has 0 unspecified atom stereocenters. The first-order valence-electron chi connectivity index (χ1n) is 9.38. The predicted molar refractivity (Wildman–Crippen MR) is 96.1 cm³/mol. The van der Waals surface area contributed by atoms with E-state index in [0.717, 1.165) is 37.0 Å². The van der Waals surface area contributed by atoms with E-state index >= 15 is 0 Å². The van der Waals surface area contributed by atoms with Crippen LogP contribution in [0.5, 0.6) is 5.75 Å². The molecule has 1 aromatic heterocycles. The number of hydrogen-bond donors (Lipinski definition) is 2. The molecule has 2 aliphatic rings. The van der Waals surface area contributed by atoms with E-state index in [1.54, 1.807) is 12.4 Å². The summed E-state index contributed by atoms with van der Waals surface area (Å²) in [5.41, 5.74) is 1.02. The van der Waals surface area contributed by atoms with Gasteiger partial charge in [0.2, 0.25) is 0 Å². The van der Waals surface area contributed by atoms with Crippen molar-refractivity contribution in [3.63, 3.8) is 0 Å². The fraction of sp³-hybridized carbons (Fsp3) is 0.632. The van der Waals surface area contributed by atoms with Crippen LogP contribution in [-0.4, -0.2) is 52.2 Å². The molecule has 1 aliphatic carbocycles. The highest BCUT2D eigenvalue weighted by atomic mass is 16.5. The molecule has 1 saturated heterocycles. The Morgan fingerprint density at radius 2 is 1.88 bits per heavy atom. The van der Waals surface area contributed by atoms with Gasteiger partial charge >= 0.3 is 12.0 Å². The monoisotopic (exact) mass is 361 g/mol. The normalized spacial score (nSPS) is 24.1. The second-order valence-electron chi connectivity index (χ2n) is 7.28. The molecule has 0 aromatic carbocycles. The van der Waals surface area contributed by atoms with Crippen molar-refractivity contribution in [2.75, 3.05) is 13.1 Å². The molecule has 2 N–H and O–H groups in total. The van der Waals surface area contributed by atoms with E-state index in [-0.39, 0.29) is 24.1 Å². The molecule has 0 spiro atoms. The van der Waals surface area contributed by atoms with Crippen LogP contribution in [0.15, 0.2) is 18.5 Å². The molecule has 0 atom stereocenters. The van der Waals surface area contributed by atoms with Gasteiger partial charge in [0.1, 0.15) is 11.9 Å². The van der Waals surface area contributed by atoms with Crippen molar-refractivity contribution in [1.82, 2.24) is 15.2 Å². The van der Waals surface area contributed by atoms with Crippen LogP contribution in [0.3, 0.4) is 0 Å². The molecule has 7 nitrogen and oxygen atoms in total. The average molecular weight is 361 g/mol. The minimum absolute atomic E-state index is 0.0395. The number of nitrogens with zero attached hydrogens (tertiary/aromatic N) is 2. The van der Waals surface area contributed by atoms with Gasteiger partial charge in [-0.3, -0.25) is 9.78 Å². The minimum atomic E-state index is -0.721. The van der Waals surface area contributed by atoms with Crippen LogP contribution in [0.2, 0.25) is 0 Å². The number of carboxylic acids is 1. The largest absolute Gasteiger partial charge is 0.490 e. The van der Waals surface area contributed by atoms with Crippen LogP contribution < -0.4 is 10.1 Å². The molecule has 1 aromatic rings. The highest BCUT2D eigenvalue weighted by Crippen LogP contribution is 2.25. The van der Waals surface area contributed by atoms with Crippen LogP contribution in [0.25, 0.3) is 0 Å². The molecule has 142 valence electrons. The number of likely N-dealkylation sites (tertiary alicyclic amines) is 1. The summed E-state index contributed by atoms with van der Waals surface area (Å²) in [6, 6.07) is 1.93. The van der Waals surface area contributed by atoms with Gasteiger partial charge in [0, 0.05) is 49.9 Å². The number of carbonyl (C=O) groups excluding carboxylic acids is 1. The molecular weight excluding hydrogens is 334 g/mol. The fourth-order valence-electron chi connectivity index (χ4n) is 3.70. The van der Waals surface area contributed by atoms with Crippen LogP contribution in [-0.2, 0) is 4.79 Å². The van der Waals surface area contributed by atoms with Crippen molar-refractivity contribution < 1.29 is 19.4 Å². The van der Waals surface area contributed by atoms with Crippen LogP contribution in [0, 0.1) is 12.8 Å². The lowest BCUT2D eigenvalue weighted by molar-refractivity contribution is -0.142. The van der Waals surface area contributed by atoms with Crippen molar-refractivity contribution in [3.05, 3.63) is 24.0 Å². The zero-order valence-electron chi connectivity index (χ0n) is 15.2. The number of urea groups is 1. The summed E-state index contributed by atoms with van der Waals surface area (Å²) in [4.78, 5) is 29.4. The lowest BCUT2D eigenvalue weighted by Crippen LogP contribution is -2.50. The number of carboxylic acid groups (broad SMARTS) is 1. The number of carbonyl (C=O) groups is 2. The summed E-state index contributed by atoms with van der Waals surface area (Å²) in [6.45, 7) is 3.32. The van der Waals surface area contributed by atoms with Crippen molar-refractivity contribution in [3.8, 4) is 5.75 Å². The molecule has 3 rings (SSSR count). The van der Waals surface area contributed by atoms with Crippen molar-refractivity contribution in [2.24, 2.45) is 5.92 Å². The number of aromatic nitrogens is 1. The lowest BCUT2D eigenvalue weighted by atomic mass is 9.86. The molecule has 0 radical (unpaired) electrons. The van der Waals surface area contributed by atoms with Gasteiger partial charge in [-0.15, -0.1) is 0 Å². The maximum absolute atomic E-state index is 12.5. The Bertz CT molecular complexity index is 635. The number of hydrogen-bond acceptors (Lipinski definition) is 4. The van der Waals surface area contributed by atoms with Crippen LogP contribution in [0.1, 0.15) is 44.1 Å². The fourth-order valence-corrected chi connectivity index (χ4v) is 3.70. The smallest absolute Gasteiger partial charge is 0.317 e. The summed E-state index contributed by atoms with van der Waals surface area (Å²) in [6.07, 6.45) is 8.00. The van der Waals surface area contributed by atoms with Crippen LogP contribution >= 0.6 is 0 Å². The number of amides is 2. The first-order chi connectivity index (χ1) is 12.5. The Hall–Kier alpha value is -2.31. The first-order valence-corrected chi connectivity index (χ1v) is 9.38. The molecule has 1 saturated carbocycles. The Balaban J connectivity index is 1.41. The van der Waals surface area contributed by atoms with E-state index in [4.69, 9.17) is 9.84 Å². The van der Waals surface area contributed by atoms with Gasteiger partial charge < -0.3 is 20.1 Å². The topological polar surface area (TPSA) is 91.8 Å². The molecule has 1 aliphatic heterocycles. The standard InChI is InChI=1S/C19H27N3O4/c1-13-12-20-9-6-17(13)26-16-7-10-22(11-8-16)19(25)21-15-4-2-14(3-5-15)18(23)24/h6,9,12,14-16H,2-5,7-8,10-11H2,1H3,(H,21,25)(H,23,24). The molecule has 0 bridgehead atoms. The third kappa shape index (κ3) is 4.65. The van der Waals surface area contributed by atoms with Crippen molar-refractivity contribution in [2.45, 2.75) is 57.6 Å². The predicted octanol–water partition coefficient (Wildman–Crippen LogP) is 2.59. The number of piperidine rings is 1. The Labute approximate surface area is 153 Å². The zero-order valence-corrected chi connectivity index (χ0v) is 15.2. The summed E-state index contributed by atoms with van der Waals surface area (Å²) in [5, 5.41) is 12.1. The summed E-state index contributed by atoms with van der Waals surface area (Å²) in [7, 11) is 0. The quantitative estimate of drug-likeness (QED) is 0.860. The van der Waals surface area contributed by atoms with Gasteiger partial charge in [0.05, 0.1) is 5.92 Å². The second-order valence-corrected chi connectivity index (χ2v) is 7.28. The SMILES string of the molecule is Cc1cnccc1OC1CCN(C(=O)NC2CCC(C(=O)O)CC2)CC1. The third-order valence-corrected chi connectivity index (χ3v) is 5.40. The van der Waals surface area contributed by atoms with Crippen molar-refractivity contribution >= 4 is 12.0 Å². The zero-order chi connectivity index (χ0) is 18.5.